The van der Waals surface area contributed by atoms with Gasteiger partial charge in [0.05, 0.1) is 45.6 Å². The quantitative estimate of drug-likeness (QED) is 0.180. The number of nitrogens with zero attached hydrogens (tertiary/aromatic N) is 3. The molecule has 4 aromatic rings. The van der Waals surface area contributed by atoms with E-state index in [-0.39, 0.29) is 35.4 Å². The van der Waals surface area contributed by atoms with E-state index in [1.807, 2.05) is 47.4 Å². The van der Waals surface area contributed by atoms with E-state index in [1.54, 1.807) is 20.3 Å². The molecule has 3 N–H and O–H groups in total. The average Bonchev–Trinajstić information content (AvgIpc) is 4.28. The highest BCUT2D eigenvalue weighted by atomic mass is 16.5. The van der Waals surface area contributed by atoms with Crippen molar-refractivity contribution in [1.82, 2.24) is 20.0 Å². The number of ether oxygens (including phenoxy) is 4. The highest BCUT2D eigenvalue weighted by Gasteiger charge is 2.67. The van der Waals surface area contributed by atoms with Gasteiger partial charge in [0.15, 0.2) is 11.4 Å². The fourth-order valence-corrected chi connectivity index (χ4v) is 11.9. The zero-order valence-corrected chi connectivity index (χ0v) is 38.0. The second kappa shape index (κ2) is 19.4. The minimum atomic E-state index is -0.436. The molecule has 6 aliphatic heterocycles. The first-order valence-electron chi connectivity index (χ1n) is 23.9. The van der Waals surface area contributed by atoms with E-state index in [0.29, 0.717) is 43.3 Å². The summed E-state index contributed by atoms with van der Waals surface area (Å²) in [4.78, 5) is 32.2. The van der Waals surface area contributed by atoms with Crippen molar-refractivity contribution >= 4 is 11.8 Å². The molecule has 0 unspecified atom stereocenters. The Bertz CT molecular complexity index is 2270. The lowest BCUT2D eigenvalue weighted by Crippen LogP contribution is -2.58. The predicted molar refractivity (Wildman–Crippen MR) is 250 cm³/mol. The Morgan fingerprint density at radius 1 is 0.600 bits per heavy atom. The number of benzene rings is 4. The molecule has 65 heavy (non-hydrogen) atoms. The maximum atomic E-state index is 13.4. The number of hydrogen-bond acceptors (Lipinski definition) is 8. The number of carbonyl (C=O) groups is 2. The summed E-state index contributed by atoms with van der Waals surface area (Å²) in [6.45, 7) is 5.48. The van der Waals surface area contributed by atoms with Gasteiger partial charge >= 0.3 is 0 Å². The van der Waals surface area contributed by atoms with Gasteiger partial charge in [0.2, 0.25) is 11.8 Å². The molecule has 5 atom stereocenters. The second-order valence-electron chi connectivity index (χ2n) is 18.9. The summed E-state index contributed by atoms with van der Waals surface area (Å²) in [5, 5.41) is 3.38. The number of para-hydroxylation sites is 2. The van der Waals surface area contributed by atoms with E-state index in [2.05, 4.69) is 87.9 Å². The molecule has 8 aliphatic rings. The van der Waals surface area contributed by atoms with E-state index in [0.717, 1.165) is 68.9 Å². The first kappa shape index (κ1) is 45.1. The van der Waals surface area contributed by atoms with Crippen molar-refractivity contribution in [2.24, 2.45) is 11.8 Å². The third-order valence-corrected chi connectivity index (χ3v) is 15.3. The molecule has 5 saturated heterocycles. The summed E-state index contributed by atoms with van der Waals surface area (Å²) in [6, 6.07) is 37.7. The SMILES string of the molecule is COc1ccccc1C1CCN([C@@H]2CC(=O)N3[C@@H](c4ccccc4)CO[C@]23C2CC2)CC1.COc1ccccc1C1CCNCC1.O.O=C1C=C[C@@]2(C3CC3)OC[C@H](c3ccccc3)N12. The Balaban J connectivity index is 0.000000136. The molecule has 12 rings (SSSR count). The summed E-state index contributed by atoms with van der Waals surface area (Å²) in [5.41, 5.74) is 4.18. The molecule has 0 aromatic heterocycles. The van der Waals surface area contributed by atoms with Crippen molar-refractivity contribution in [3.05, 3.63) is 144 Å². The van der Waals surface area contributed by atoms with Crippen LogP contribution in [0.1, 0.15) is 104 Å². The number of hydrogen-bond donors (Lipinski definition) is 1. The standard InChI is InChI=1S/C27H32N2O3.C15H15NO2.C12H17NO.H2O/c1-31-24-10-6-5-9-22(24)19-13-15-28(16-14-19)25-17-26(30)29-23(20-7-3-2-4-8-20)18-32-27(25,29)21-11-12-21;17-14-8-9-15(12-6-7-12)16(14)13(10-18-15)11-4-2-1-3-5-11;1-14-12-5-3-2-4-11(12)10-6-8-13-9-7-10;/h2-10,19,21,23,25H,11-18H2,1H3;1-5,8-9,12-13H,6-7,10H2;2-5,10,13H,6-9H2,1H3;1H2/t23-,25-,27-;13-,15+;;/m11../s1. The van der Waals surface area contributed by atoms with Crippen LogP contribution in [-0.4, -0.2) is 103 Å². The number of carbonyl (C=O) groups excluding carboxylic acids is 2. The van der Waals surface area contributed by atoms with Gasteiger partial charge in [-0.25, -0.2) is 0 Å². The van der Waals surface area contributed by atoms with Crippen LogP contribution < -0.4 is 14.8 Å². The van der Waals surface area contributed by atoms with E-state index < -0.39 is 11.4 Å². The summed E-state index contributed by atoms with van der Waals surface area (Å²) in [7, 11) is 3.51. The van der Waals surface area contributed by atoms with E-state index in [9.17, 15) is 9.59 Å². The van der Waals surface area contributed by atoms with Gasteiger partial charge < -0.3 is 34.6 Å². The van der Waals surface area contributed by atoms with Crippen LogP contribution in [0.4, 0.5) is 0 Å². The lowest BCUT2D eigenvalue weighted by molar-refractivity contribution is -0.149. The number of amides is 2. The summed E-state index contributed by atoms with van der Waals surface area (Å²) >= 11 is 0. The minimum absolute atomic E-state index is 0. The molecule has 4 aromatic carbocycles. The fraction of sp³-hybridized carbons (Fsp3) is 0.481. The molecule has 6 heterocycles. The van der Waals surface area contributed by atoms with Gasteiger partial charge in [-0.1, -0.05) is 97.1 Å². The van der Waals surface area contributed by atoms with Crippen molar-refractivity contribution in [2.45, 2.75) is 99.2 Å². The molecule has 344 valence electrons. The number of nitrogens with one attached hydrogen (secondary N) is 1. The van der Waals surface area contributed by atoms with Crippen LogP contribution in [0.2, 0.25) is 0 Å². The Morgan fingerprint density at radius 3 is 1.66 bits per heavy atom. The molecule has 2 aliphatic carbocycles. The smallest absolute Gasteiger partial charge is 0.249 e. The Labute approximate surface area is 384 Å². The number of fused-ring (bicyclic) bond motifs is 2. The molecule has 11 heteroatoms. The Kier molecular flexibility index (Phi) is 13.5. The normalized spacial score (nSPS) is 28.7. The molecular weight excluding hydrogens is 817 g/mol. The van der Waals surface area contributed by atoms with Gasteiger partial charge in [-0.15, -0.1) is 0 Å². The van der Waals surface area contributed by atoms with Gasteiger partial charge in [0, 0.05) is 24.3 Å². The first-order chi connectivity index (χ1) is 31.4. The number of methoxy groups -OCH3 is 2. The van der Waals surface area contributed by atoms with Crippen LogP contribution in [0.15, 0.2) is 121 Å². The van der Waals surface area contributed by atoms with Crippen LogP contribution in [0.5, 0.6) is 11.5 Å². The van der Waals surface area contributed by atoms with Crippen LogP contribution in [0.3, 0.4) is 0 Å². The van der Waals surface area contributed by atoms with Gasteiger partial charge in [-0.2, -0.15) is 0 Å². The second-order valence-corrected chi connectivity index (χ2v) is 18.9. The highest BCUT2D eigenvalue weighted by Crippen LogP contribution is 2.58. The van der Waals surface area contributed by atoms with E-state index in [1.165, 1.54) is 42.4 Å². The van der Waals surface area contributed by atoms with Crippen molar-refractivity contribution in [3.63, 3.8) is 0 Å². The topological polar surface area (TPSA) is 124 Å². The molecule has 0 bridgehead atoms. The molecular formula is C54H66N4O7. The van der Waals surface area contributed by atoms with Crippen molar-refractivity contribution < 1.29 is 34.0 Å². The van der Waals surface area contributed by atoms with Crippen LogP contribution in [0, 0.1) is 11.8 Å². The van der Waals surface area contributed by atoms with Crippen molar-refractivity contribution in [3.8, 4) is 11.5 Å². The fourth-order valence-electron chi connectivity index (χ4n) is 11.9. The lowest BCUT2D eigenvalue weighted by atomic mass is 9.86. The largest absolute Gasteiger partial charge is 0.496 e. The minimum Gasteiger partial charge on any atom is -0.496 e. The number of rotatable bonds is 9. The highest BCUT2D eigenvalue weighted by molar-refractivity contribution is 5.92. The molecule has 0 spiro atoms. The molecule has 2 saturated carbocycles. The number of likely N-dealkylation sites (tertiary alicyclic amines) is 1. The monoisotopic (exact) mass is 882 g/mol. The number of piperidine rings is 2. The van der Waals surface area contributed by atoms with Crippen LogP contribution in [0.25, 0.3) is 0 Å². The Morgan fingerprint density at radius 2 is 1.11 bits per heavy atom. The zero-order valence-electron chi connectivity index (χ0n) is 38.0. The molecule has 7 fully saturated rings. The van der Waals surface area contributed by atoms with Crippen LogP contribution in [-0.2, 0) is 19.1 Å². The van der Waals surface area contributed by atoms with Gasteiger partial charge in [-0.3, -0.25) is 19.4 Å². The third-order valence-electron chi connectivity index (χ3n) is 15.3. The van der Waals surface area contributed by atoms with Crippen LogP contribution >= 0.6 is 0 Å². The summed E-state index contributed by atoms with van der Waals surface area (Å²) in [5.74, 6) is 4.54. The summed E-state index contributed by atoms with van der Waals surface area (Å²) < 4.78 is 23.7. The summed E-state index contributed by atoms with van der Waals surface area (Å²) in [6.07, 6.45) is 13.5. The third kappa shape index (κ3) is 8.62. The van der Waals surface area contributed by atoms with Crippen molar-refractivity contribution in [1.29, 1.82) is 0 Å². The van der Waals surface area contributed by atoms with Crippen molar-refractivity contribution in [2.75, 3.05) is 53.6 Å². The maximum absolute atomic E-state index is 13.4. The van der Waals surface area contributed by atoms with Gasteiger partial charge in [-0.05, 0) is 130 Å². The van der Waals surface area contributed by atoms with Gasteiger partial charge in [0.1, 0.15) is 11.5 Å². The Hall–Kier alpha value is -5.04. The first-order valence-corrected chi connectivity index (χ1v) is 23.9. The molecule has 11 nitrogen and oxygen atoms in total. The predicted octanol–water partition coefficient (Wildman–Crippen LogP) is 7.95. The van der Waals surface area contributed by atoms with E-state index in [4.69, 9.17) is 18.9 Å². The maximum Gasteiger partial charge on any atom is 0.249 e. The lowest BCUT2D eigenvalue weighted by Gasteiger charge is -2.44. The molecule has 2 amide bonds. The molecule has 0 radical (unpaired) electrons. The average molecular weight is 883 g/mol. The van der Waals surface area contributed by atoms with Gasteiger partial charge in [0.25, 0.3) is 0 Å². The zero-order chi connectivity index (χ0) is 43.7. The van der Waals surface area contributed by atoms with E-state index >= 15 is 0 Å².